The molecule has 0 bridgehead atoms. The molecule has 382 valence electrons. The van der Waals surface area contributed by atoms with E-state index in [0.717, 1.165) is 34.4 Å². The Balaban J connectivity index is 0.667. The van der Waals surface area contributed by atoms with Crippen LogP contribution in [0.4, 0.5) is 5.69 Å². The molecule has 2 N–H and O–H groups in total. The molecule has 0 aromatic heterocycles. The fourth-order valence-corrected chi connectivity index (χ4v) is 8.16. The standard InChI is InChI=1S/C54H67N3O14/c58-48(55-46-21-13-20-45-50(46)53(62)57(52(45)61)47-23-24-49(59)56-51(47)60)22-11-4-12-25-63-26-27-64-28-29-65-30-31-66-32-33-67-34-35-68-36-37-69-38-39-70-40-41-71-54(42-14-5-1-6-15-42,43-16-7-2-8-17-43)44-18-9-3-10-19-44/h1-3,5-10,13-21,47H,4,11-12,22-41H2,(H,55,58)(H,56,59,60). The molecule has 71 heavy (non-hydrogen) atoms. The molecule has 1 unspecified atom stereocenters. The maximum Gasteiger partial charge on any atom is 0.264 e. The van der Waals surface area contributed by atoms with E-state index in [1.165, 1.54) is 6.07 Å². The first-order valence-corrected chi connectivity index (χ1v) is 24.5. The van der Waals surface area contributed by atoms with Crippen LogP contribution in [0.3, 0.4) is 0 Å². The van der Waals surface area contributed by atoms with E-state index in [4.69, 9.17) is 42.6 Å². The number of nitrogens with one attached hydrogen (secondary N) is 2. The first-order chi connectivity index (χ1) is 34.9. The van der Waals surface area contributed by atoms with E-state index in [0.29, 0.717) is 119 Å². The lowest BCUT2D eigenvalue weighted by molar-refractivity contribution is -0.136. The Morgan fingerprint density at radius 3 is 1.39 bits per heavy atom. The summed E-state index contributed by atoms with van der Waals surface area (Å²) < 4.78 is 51.7. The minimum atomic E-state index is -1.08. The topological polar surface area (TPSA) is 196 Å². The predicted octanol–water partition coefficient (Wildman–Crippen LogP) is 5.73. The van der Waals surface area contributed by atoms with Crippen molar-refractivity contribution in [2.24, 2.45) is 0 Å². The van der Waals surface area contributed by atoms with Crippen molar-refractivity contribution in [3.8, 4) is 0 Å². The van der Waals surface area contributed by atoms with Gasteiger partial charge in [-0.15, -0.1) is 0 Å². The van der Waals surface area contributed by atoms with E-state index in [1.54, 1.807) is 12.1 Å². The van der Waals surface area contributed by atoms with Gasteiger partial charge in [0.05, 0.1) is 123 Å². The Labute approximate surface area is 415 Å². The zero-order chi connectivity index (χ0) is 49.8. The second-order valence-electron chi connectivity index (χ2n) is 16.6. The molecular weight excluding hydrogens is 915 g/mol. The van der Waals surface area contributed by atoms with Crippen LogP contribution in [0.1, 0.15) is 75.9 Å². The molecule has 1 saturated heterocycles. The van der Waals surface area contributed by atoms with Crippen LogP contribution in [-0.4, -0.2) is 153 Å². The van der Waals surface area contributed by atoms with E-state index in [1.807, 2.05) is 54.6 Å². The number of unbranched alkanes of at least 4 members (excludes halogenated alkanes) is 2. The molecular formula is C54H67N3O14. The number of imide groups is 2. The summed E-state index contributed by atoms with van der Waals surface area (Å²) in [5.74, 6) is -2.72. The number of hydrogen-bond donors (Lipinski definition) is 2. The number of nitrogens with zero attached hydrogens (tertiary/aromatic N) is 1. The van der Waals surface area contributed by atoms with Crippen LogP contribution < -0.4 is 10.6 Å². The zero-order valence-electron chi connectivity index (χ0n) is 40.4. The van der Waals surface area contributed by atoms with Gasteiger partial charge in [-0.05, 0) is 48.1 Å². The number of ether oxygens (including phenoxy) is 9. The highest BCUT2D eigenvalue weighted by molar-refractivity contribution is 6.26. The van der Waals surface area contributed by atoms with E-state index in [9.17, 15) is 24.0 Å². The van der Waals surface area contributed by atoms with Gasteiger partial charge in [-0.1, -0.05) is 103 Å². The summed E-state index contributed by atoms with van der Waals surface area (Å²) in [5.41, 5.74) is 2.77. The number of amides is 5. The summed E-state index contributed by atoms with van der Waals surface area (Å²) in [6.45, 7) is 7.70. The van der Waals surface area contributed by atoms with Crippen LogP contribution in [0.25, 0.3) is 0 Å². The fraction of sp³-hybridized carbons (Fsp3) is 0.463. The molecule has 1 atom stereocenters. The van der Waals surface area contributed by atoms with E-state index in [2.05, 4.69) is 47.0 Å². The third-order valence-electron chi connectivity index (χ3n) is 11.6. The van der Waals surface area contributed by atoms with Crippen molar-refractivity contribution < 1.29 is 66.6 Å². The van der Waals surface area contributed by atoms with Crippen molar-refractivity contribution in [2.45, 2.75) is 50.2 Å². The van der Waals surface area contributed by atoms with Gasteiger partial charge in [0.15, 0.2) is 0 Å². The van der Waals surface area contributed by atoms with Crippen molar-refractivity contribution in [1.82, 2.24) is 10.2 Å². The average molecular weight is 982 g/mol. The number of rotatable bonds is 36. The van der Waals surface area contributed by atoms with Crippen molar-refractivity contribution in [2.75, 3.05) is 118 Å². The predicted molar refractivity (Wildman–Crippen MR) is 262 cm³/mol. The van der Waals surface area contributed by atoms with Crippen molar-refractivity contribution in [3.63, 3.8) is 0 Å². The summed E-state index contributed by atoms with van der Waals surface area (Å²) in [4.78, 5) is 63.7. The SMILES string of the molecule is O=C1CCC(N2C(=O)c3cccc(NC(=O)CCCCCOCCOCCOCCOCCOCCOCCOCCOCCOC(c4ccccc4)(c4ccccc4)c4ccccc4)c3C2=O)C(=O)N1. The largest absolute Gasteiger partial charge is 0.379 e. The molecule has 2 aliphatic heterocycles. The number of carbonyl (C=O) groups is 5. The molecule has 4 aromatic carbocycles. The van der Waals surface area contributed by atoms with Crippen LogP contribution in [0.5, 0.6) is 0 Å². The lowest BCUT2D eigenvalue weighted by Gasteiger charge is -2.36. The molecule has 0 radical (unpaired) electrons. The van der Waals surface area contributed by atoms with Crippen LogP contribution in [0, 0.1) is 0 Å². The maximum atomic E-state index is 13.2. The Morgan fingerprint density at radius 2 is 0.944 bits per heavy atom. The van der Waals surface area contributed by atoms with E-state index < -0.39 is 35.3 Å². The summed E-state index contributed by atoms with van der Waals surface area (Å²) in [7, 11) is 0. The normalized spacial score (nSPS) is 14.8. The highest BCUT2D eigenvalue weighted by Gasteiger charge is 2.46. The molecule has 0 saturated carbocycles. The van der Waals surface area contributed by atoms with Crippen molar-refractivity contribution >= 4 is 35.2 Å². The Bertz CT molecular complexity index is 2140. The Morgan fingerprint density at radius 1 is 0.507 bits per heavy atom. The van der Waals surface area contributed by atoms with Crippen LogP contribution in [0.15, 0.2) is 109 Å². The summed E-state index contributed by atoms with van der Waals surface area (Å²) in [5, 5.41) is 4.92. The summed E-state index contributed by atoms with van der Waals surface area (Å²) in [6, 6.07) is 34.4. The monoisotopic (exact) mass is 981 g/mol. The first kappa shape index (κ1) is 54.6. The quantitative estimate of drug-likeness (QED) is 0.0319. The molecule has 17 heteroatoms. The average Bonchev–Trinajstić information content (AvgIpc) is 3.65. The van der Waals surface area contributed by atoms with Gasteiger partial charge in [0.2, 0.25) is 17.7 Å². The Kier molecular flexibility index (Phi) is 23.8. The summed E-state index contributed by atoms with van der Waals surface area (Å²) in [6.07, 6.45) is 2.43. The lowest BCUT2D eigenvalue weighted by atomic mass is 9.80. The lowest BCUT2D eigenvalue weighted by Crippen LogP contribution is -2.54. The maximum absolute atomic E-state index is 13.2. The van der Waals surface area contributed by atoms with Crippen LogP contribution in [0.2, 0.25) is 0 Å². The number of anilines is 1. The van der Waals surface area contributed by atoms with Gasteiger partial charge in [0, 0.05) is 19.4 Å². The molecule has 2 aliphatic rings. The van der Waals surface area contributed by atoms with Gasteiger partial charge >= 0.3 is 0 Å². The molecule has 5 amide bonds. The van der Waals surface area contributed by atoms with Crippen LogP contribution >= 0.6 is 0 Å². The second kappa shape index (κ2) is 30.9. The number of carbonyl (C=O) groups excluding carboxylic acids is 5. The van der Waals surface area contributed by atoms with Gasteiger partial charge < -0.3 is 47.9 Å². The molecule has 0 spiro atoms. The molecule has 2 heterocycles. The highest BCUT2D eigenvalue weighted by atomic mass is 16.6. The van der Waals surface area contributed by atoms with Gasteiger partial charge in [-0.2, -0.15) is 0 Å². The van der Waals surface area contributed by atoms with Gasteiger partial charge in [0.25, 0.3) is 11.8 Å². The highest BCUT2D eigenvalue weighted by Crippen LogP contribution is 2.40. The number of hydrogen-bond acceptors (Lipinski definition) is 14. The number of fused-ring (bicyclic) bond motifs is 1. The number of benzene rings is 4. The molecule has 4 aromatic rings. The third kappa shape index (κ3) is 16.9. The molecule has 0 aliphatic carbocycles. The number of piperidine rings is 1. The second-order valence-corrected chi connectivity index (χ2v) is 16.6. The Hall–Kier alpha value is -5.73. The zero-order valence-corrected chi connectivity index (χ0v) is 40.4. The van der Waals surface area contributed by atoms with Crippen LogP contribution in [-0.2, 0) is 62.6 Å². The van der Waals surface area contributed by atoms with Gasteiger partial charge in [-0.3, -0.25) is 34.2 Å². The smallest absolute Gasteiger partial charge is 0.264 e. The molecule has 6 rings (SSSR count). The van der Waals surface area contributed by atoms with Crippen molar-refractivity contribution in [3.05, 3.63) is 137 Å². The van der Waals surface area contributed by atoms with Gasteiger partial charge in [-0.25, -0.2) is 0 Å². The third-order valence-corrected chi connectivity index (χ3v) is 11.6. The molecule has 17 nitrogen and oxygen atoms in total. The fourth-order valence-electron chi connectivity index (χ4n) is 8.16. The molecule has 1 fully saturated rings. The van der Waals surface area contributed by atoms with E-state index >= 15 is 0 Å². The van der Waals surface area contributed by atoms with Gasteiger partial charge in [0.1, 0.15) is 11.6 Å². The minimum absolute atomic E-state index is 0.0259. The minimum Gasteiger partial charge on any atom is -0.379 e. The van der Waals surface area contributed by atoms with E-state index in [-0.39, 0.29) is 42.0 Å². The first-order valence-electron chi connectivity index (χ1n) is 24.5. The summed E-state index contributed by atoms with van der Waals surface area (Å²) >= 11 is 0. The van der Waals surface area contributed by atoms with Crippen molar-refractivity contribution in [1.29, 1.82) is 0 Å².